The Hall–Kier alpha value is -2.59. The summed E-state index contributed by atoms with van der Waals surface area (Å²) in [7, 11) is 2.75. The number of nitrogens with zero attached hydrogens (tertiary/aromatic N) is 1. The molecule has 0 aromatic heterocycles. The van der Waals surface area contributed by atoms with E-state index >= 15 is 0 Å². The monoisotopic (exact) mass is 463 g/mol. The molecule has 0 saturated heterocycles. The lowest BCUT2D eigenvalue weighted by atomic mass is 9.80. The summed E-state index contributed by atoms with van der Waals surface area (Å²) in [6.07, 6.45) is -11.9. The molecule has 0 spiro atoms. The Bertz CT molecular complexity index is 961. The van der Waals surface area contributed by atoms with Crippen LogP contribution in [0.2, 0.25) is 0 Å². The molecular formula is C22H23F6NO3. The molecule has 0 aliphatic rings. The maximum Gasteiger partial charge on any atom is 0.430 e. The van der Waals surface area contributed by atoms with Gasteiger partial charge in [-0.1, -0.05) is 51.1 Å². The number of rotatable bonds is 4. The van der Waals surface area contributed by atoms with E-state index in [1.165, 1.54) is 20.2 Å². The van der Waals surface area contributed by atoms with Crippen LogP contribution in [0.1, 0.15) is 42.3 Å². The van der Waals surface area contributed by atoms with Crippen LogP contribution in [-0.4, -0.2) is 42.6 Å². The smallest absolute Gasteiger partial charge is 0.369 e. The van der Waals surface area contributed by atoms with Crippen LogP contribution < -0.4 is 0 Å². The molecule has 176 valence electrons. The third kappa shape index (κ3) is 4.61. The number of aliphatic hydroxyl groups is 1. The summed E-state index contributed by atoms with van der Waals surface area (Å²) in [6.45, 7) is 5.54. The molecular weight excluding hydrogens is 440 g/mol. The van der Waals surface area contributed by atoms with Crippen molar-refractivity contribution in [1.82, 2.24) is 5.06 Å². The Morgan fingerprint density at radius 1 is 0.906 bits per heavy atom. The molecule has 32 heavy (non-hydrogen) atoms. The zero-order valence-corrected chi connectivity index (χ0v) is 18.0. The van der Waals surface area contributed by atoms with Crippen molar-refractivity contribution in [3.8, 4) is 11.1 Å². The Morgan fingerprint density at radius 3 is 1.81 bits per heavy atom. The molecule has 0 fully saturated rings. The molecule has 2 aromatic carbocycles. The number of halogens is 6. The normalized spacial score (nSPS) is 13.2. The van der Waals surface area contributed by atoms with Gasteiger partial charge in [-0.25, -0.2) is 5.06 Å². The van der Waals surface area contributed by atoms with Gasteiger partial charge in [0.25, 0.3) is 11.5 Å². The van der Waals surface area contributed by atoms with Gasteiger partial charge in [-0.15, -0.1) is 0 Å². The van der Waals surface area contributed by atoms with Crippen molar-refractivity contribution in [2.24, 2.45) is 0 Å². The van der Waals surface area contributed by atoms with Gasteiger partial charge < -0.3 is 5.11 Å². The predicted octanol–water partition coefficient (Wildman–Crippen LogP) is 5.60. The van der Waals surface area contributed by atoms with Gasteiger partial charge in [0.15, 0.2) is 0 Å². The highest BCUT2D eigenvalue weighted by molar-refractivity contribution is 5.94. The third-order valence-corrected chi connectivity index (χ3v) is 5.07. The predicted molar refractivity (Wildman–Crippen MR) is 106 cm³/mol. The van der Waals surface area contributed by atoms with Crippen LogP contribution in [0.4, 0.5) is 26.3 Å². The highest BCUT2D eigenvalue weighted by atomic mass is 19.4. The van der Waals surface area contributed by atoms with E-state index in [1.54, 1.807) is 12.1 Å². The molecule has 0 unspecified atom stereocenters. The van der Waals surface area contributed by atoms with Crippen molar-refractivity contribution in [2.75, 3.05) is 14.2 Å². The largest absolute Gasteiger partial charge is 0.430 e. The van der Waals surface area contributed by atoms with Gasteiger partial charge in [-0.3, -0.25) is 9.63 Å². The molecule has 4 nitrogen and oxygen atoms in total. The van der Waals surface area contributed by atoms with Crippen molar-refractivity contribution in [1.29, 1.82) is 0 Å². The lowest BCUT2D eigenvalue weighted by Gasteiger charge is -2.32. The van der Waals surface area contributed by atoms with E-state index in [9.17, 15) is 36.2 Å². The Balaban J connectivity index is 2.61. The van der Waals surface area contributed by atoms with Gasteiger partial charge in [0.1, 0.15) is 0 Å². The summed E-state index contributed by atoms with van der Waals surface area (Å²) >= 11 is 0. The standard InChI is InChI=1S/C22H23F6NO3/c1-19(2,3)17-12-14(18(30)29(4)32-5)8-11-16(17)13-6-9-15(10-7-13)20(31,21(23,24)25)22(26,27)28/h6-12,31H,1-5H3. The van der Waals surface area contributed by atoms with Gasteiger partial charge in [0.2, 0.25) is 0 Å². The van der Waals surface area contributed by atoms with E-state index in [2.05, 4.69) is 0 Å². The summed E-state index contributed by atoms with van der Waals surface area (Å²) in [5.41, 5.74) is -5.08. The third-order valence-electron chi connectivity index (χ3n) is 5.07. The molecule has 0 saturated carbocycles. The minimum atomic E-state index is -5.96. The van der Waals surface area contributed by atoms with E-state index in [4.69, 9.17) is 4.84 Å². The van der Waals surface area contributed by atoms with Gasteiger partial charge in [-0.2, -0.15) is 26.3 Å². The molecule has 0 bridgehead atoms. The van der Waals surface area contributed by atoms with Crippen LogP contribution in [0, 0.1) is 0 Å². The average Bonchev–Trinajstić information content (AvgIpc) is 2.69. The number of alkyl halides is 6. The lowest BCUT2D eigenvalue weighted by molar-refractivity contribution is -0.376. The summed E-state index contributed by atoms with van der Waals surface area (Å²) in [5.74, 6) is -0.430. The zero-order chi connectivity index (χ0) is 24.7. The highest BCUT2D eigenvalue weighted by Gasteiger charge is 2.71. The van der Waals surface area contributed by atoms with Crippen molar-refractivity contribution in [3.63, 3.8) is 0 Å². The first kappa shape index (κ1) is 25.7. The second kappa shape index (κ2) is 8.40. The summed E-state index contributed by atoms with van der Waals surface area (Å²) in [4.78, 5) is 17.3. The molecule has 0 atom stereocenters. The number of hydrogen-bond acceptors (Lipinski definition) is 3. The number of hydroxylamine groups is 2. The molecule has 2 aromatic rings. The molecule has 1 amide bonds. The first-order chi connectivity index (χ1) is 14.4. The molecule has 0 heterocycles. The van der Waals surface area contributed by atoms with E-state index in [-0.39, 0.29) is 0 Å². The first-order valence-electron chi connectivity index (χ1n) is 9.38. The van der Waals surface area contributed by atoms with Crippen LogP contribution >= 0.6 is 0 Å². The second-order valence-electron chi connectivity index (χ2n) is 8.28. The molecule has 10 heteroatoms. The number of amides is 1. The minimum absolute atomic E-state index is 0.295. The minimum Gasteiger partial charge on any atom is -0.369 e. The molecule has 1 N–H and O–H groups in total. The Morgan fingerprint density at radius 2 is 1.41 bits per heavy atom. The fourth-order valence-corrected chi connectivity index (χ4v) is 3.19. The van der Waals surface area contributed by atoms with Gasteiger partial charge in [0, 0.05) is 18.2 Å². The zero-order valence-electron chi connectivity index (χ0n) is 18.0. The highest BCUT2D eigenvalue weighted by Crippen LogP contribution is 2.50. The van der Waals surface area contributed by atoms with Crippen LogP contribution in [0.5, 0.6) is 0 Å². The SMILES string of the molecule is CON(C)C(=O)c1ccc(-c2ccc(C(O)(C(F)(F)F)C(F)(F)F)cc2)c(C(C)(C)C)c1. The van der Waals surface area contributed by atoms with Crippen molar-refractivity contribution in [2.45, 2.75) is 44.1 Å². The number of carbonyl (C=O) groups is 1. The average molecular weight is 463 g/mol. The maximum atomic E-state index is 13.1. The fourth-order valence-electron chi connectivity index (χ4n) is 3.19. The van der Waals surface area contributed by atoms with Crippen LogP contribution in [-0.2, 0) is 15.9 Å². The number of benzene rings is 2. The Labute approximate surface area is 181 Å². The molecule has 0 aliphatic carbocycles. The van der Waals surface area contributed by atoms with Crippen molar-refractivity contribution >= 4 is 5.91 Å². The van der Waals surface area contributed by atoms with Gasteiger partial charge in [0.05, 0.1) is 7.11 Å². The first-order valence-corrected chi connectivity index (χ1v) is 9.38. The molecule has 0 radical (unpaired) electrons. The van der Waals surface area contributed by atoms with E-state index in [1.807, 2.05) is 20.8 Å². The molecule has 0 aliphatic heterocycles. The van der Waals surface area contributed by atoms with Crippen molar-refractivity contribution < 1.29 is 41.1 Å². The second-order valence-corrected chi connectivity index (χ2v) is 8.28. The molecule has 2 rings (SSSR count). The topological polar surface area (TPSA) is 49.8 Å². The Kier molecular flexibility index (Phi) is 6.74. The van der Waals surface area contributed by atoms with E-state index in [0.717, 1.165) is 17.2 Å². The summed E-state index contributed by atoms with van der Waals surface area (Å²) < 4.78 is 78.8. The number of carbonyl (C=O) groups excluding carboxylic acids is 1. The van der Waals surface area contributed by atoms with Gasteiger partial charge >= 0.3 is 12.4 Å². The summed E-state index contributed by atoms with van der Waals surface area (Å²) in [6, 6.07) is 7.99. The van der Waals surface area contributed by atoms with Crippen LogP contribution in [0.25, 0.3) is 11.1 Å². The summed E-state index contributed by atoms with van der Waals surface area (Å²) in [5, 5.41) is 10.6. The van der Waals surface area contributed by atoms with Crippen LogP contribution in [0.15, 0.2) is 42.5 Å². The van der Waals surface area contributed by atoms with E-state index < -0.39 is 34.8 Å². The fraction of sp³-hybridized carbons (Fsp3) is 0.409. The lowest BCUT2D eigenvalue weighted by Crippen LogP contribution is -2.53. The van der Waals surface area contributed by atoms with Crippen LogP contribution in [0.3, 0.4) is 0 Å². The van der Waals surface area contributed by atoms with Crippen molar-refractivity contribution in [3.05, 3.63) is 59.2 Å². The van der Waals surface area contributed by atoms with E-state index in [0.29, 0.717) is 34.4 Å². The maximum absolute atomic E-state index is 13.1. The quantitative estimate of drug-likeness (QED) is 0.475. The van der Waals surface area contributed by atoms with Gasteiger partial charge in [-0.05, 0) is 34.2 Å². The number of hydrogen-bond donors (Lipinski definition) is 1.